The molecule has 0 spiro atoms. The quantitative estimate of drug-likeness (QED) is 0.377. The van der Waals surface area contributed by atoms with Crippen LogP contribution >= 0.6 is 0 Å². The number of likely N-dealkylation sites (N-methyl/N-ethyl adjacent to an activating group) is 1. The van der Waals surface area contributed by atoms with Crippen molar-refractivity contribution in [2.45, 2.75) is 6.54 Å². The summed E-state index contributed by atoms with van der Waals surface area (Å²) in [6, 6.07) is 30.6. The number of amides is 2. The summed E-state index contributed by atoms with van der Waals surface area (Å²) in [5.74, 6) is -0.162. The lowest BCUT2D eigenvalue weighted by atomic mass is 10.0. The molecular formula is C29H24N2O3. The van der Waals surface area contributed by atoms with E-state index in [-0.39, 0.29) is 11.8 Å². The van der Waals surface area contributed by atoms with Crippen molar-refractivity contribution in [1.29, 1.82) is 0 Å². The van der Waals surface area contributed by atoms with Gasteiger partial charge in [-0.2, -0.15) is 0 Å². The molecule has 0 aromatic heterocycles. The number of ether oxygens (including phenoxy) is 1. The van der Waals surface area contributed by atoms with E-state index in [0.29, 0.717) is 34.8 Å². The van der Waals surface area contributed by atoms with Crippen molar-refractivity contribution in [1.82, 2.24) is 4.90 Å². The van der Waals surface area contributed by atoms with E-state index in [9.17, 15) is 9.59 Å². The second-order valence-corrected chi connectivity index (χ2v) is 8.21. The minimum atomic E-state index is -0.360. The van der Waals surface area contributed by atoms with Crippen LogP contribution in [0.1, 0.15) is 11.1 Å². The van der Waals surface area contributed by atoms with Crippen LogP contribution in [0, 0.1) is 0 Å². The Morgan fingerprint density at radius 1 is 0.765 bits per heavy atom. The van der Waals surface area contributed by atoms with Gasteiger partial charge in [0.05, 0.1) is 18.4 Å². The number of carbonyl (C=O) groups excluding carboxylic acids is 2. The van der Waals surface area contributed by atoms with Crippen LogP contribution in [0.2, 0.25) is 0 Å². The molecule has 0 atom stereocenters. The van der Waals surface area contributed by atoms with Crippen LogP contribution in [0.3, 0.4) is 0 Å². The Labute approximate surface area is 198 Å². The van der Waals surface area contributed by atoms with E-state index < -0.39 is 0 Å². The van der Waals surface area contributed by atoms with E-state index in [0.717, 1.165) is 16.3 Å². The summed E-state index contributed by atoms with van der Waals surface area (Å²) in [5, 5.41) is 1.81. The van der Waals surface area contributed by atoms with Gasteiger partial charge in [-0.25, -0.2) is 4.90 Å². The Morgan fingerprint density at radius 2 is 1.44 bits per heavy atom. The molecule has 5 rings (SSSR count). The van der Waals surface area contributed by atoms with Crippen LogP contribution in [0.5, 0.6) is 5.75 Å². The first-order valence-electron chi connectivity index (χ1n) is 11.1. The van der Waals surface area contributed by atoms with Crippen LogP contribution in [0.15, 0.2) is 103 Å². The molecule has 0 radical (unpaired) electrons. The maximum absolute atomic E-state index is 14.0. The number of fused-ring (bicyclic) bond motifs is 1. The molecule has 0 unspecified atom stereocenters. The summed E-state index contributed by atoms with van der Waals surface area (Å²) in [7, 11) is 3.41. The number of imide groups is 1. The third-order valence-corrected chi connectivity index (χ3v) is 6.09. The Bertz CT molecular complexity index is 1420. The molecule has 4 aromatic rings. The first kappa shape index (κ1) is 21.5. The molecule has 4 aromatic carbocycles. The number of carbonyl (C=O) groups is 2. The summed E-state index contributed by atoms with van der Waals surface area (Å²) in [6.45, 7) is 0.483. The average molecular weight is 449 g/mol. The fraction of sp³-hybridized carbons (Fsp3) is 0.103. The maximum atomic E-state index is 14.0. The molecule has 0 aliphatic carbocycles. The van der Waals surface area contributed by atoms with Gasteiger partial charge < -0.3 is 9.64 Å². The first-order chi connectivity index (χ1) is 16.6. The van der Waals surface area contributed by atoms with Gasteiger partial charge in [0, 0.05) is 24.5 Å². The van der Waals surface area contributed by atoms with Crippen LogP contribution in [0.4, 0.5) is 5.69 Å². The smallest absolute Gasteiger partial charge is 0.282 e. The third kappa shape index (κ3) is 3.61. The Kier molecular flexibility index (Phi) is 5.60. The van der Waals surface area contributed by atoms with Crippen LogP contribution < -0.4 is 9.64 Å². The number of para-hydroxylation sites is 1. The van der Waals surface area contributed by atoms with Crippen LogP contribution in [-0.4, -0.2) is 30.9 Å². The molecule has 0 saturated carbocycles. The van der Waals surface area contributed by atoms with Crippen LogP contribution in [-0.2, 0) is 16.1 Å². The van der Waals surface area contributed by atoms with E-state index in [2.05, 4.69) is 0 Å². The summed E-state index contributed by atoms with van der Waals surface area (Å²) in [5.41, 5.74) is 2.91. The number of anilines is 1. The van der Waals surface area contributed by atoms with Crippen molar-refractivity contribution in [3.8, 4) is 5.75 Å². The van der Waals surface area contributed by atoms with E-state index >= 15 is 0 Å². The predicted molar refractivity (Wildman–Crippen MR) is 134 cm³/mol. The van der Waals surface area contributed by atoms with Gasteiger partial charge in [-0.1, -0.05) is 84.9 Å². The molecule has 1 aliphatic rings. The second kappa shape index (κ2) is 8.87. The molecule has 0 N–H and O–H groups in total. The van der Waals surface area contributed by atoms with Crippen LogP contribution in [0.25, 0.3) is 16.3 Å². The number of nitrogens with zero attached hydrogens (tertiary/aromatic N) is 2. The molecule has 0 bridgehead atoms. The topological polar surface area (TPSA) is 49.9 Å². The van der Waals surface area contributed by atoms with E-state index in [4.69, 9.17) is 4.74 Å². The van der Waals surface area contributed by atoms with Gasteiger partial charge in [0.2, 0.25) is 0 Å². The van der Waals surface area contributed by atoms with Crippen molar-refractivity contribution in [3.63, 3.8) is 0 Å². The molecule has 0 fully saturated rings. The third-order valence-electron chi connectivity index (χ3n) is 6.09. The zero-order chi connectivity index (χ0) is 23.7. The van der Waals surface area contributed by atoms with E-state index in [1.807, 2.05) is 103 Å². The fourth-order valence-electron chi connectivity index (χ4n) is 4.52. The van der Waals surface area contributed by atoms with Crippen molar-refractivity contribution in [3.05, 3.63) is 114 Å². The number of benzene rings is 4. The van der Waals surface area contributed by atoms with Gasteiger partial charge in [-0.3, -0.25) is 9.59 Å². The Balaban J connectivity index is 1.67. The minimum Gasteiger partial charge on any atom is -0.496 e. The van der Waals surface area contributed by atoms with Crippen molar-refractivity contribution in [2.24, 2.45) is 0 Å². The number of hydrogen-bond acceptors (Lipinski definition) is 4. The Hall–Kier alpha value is -4.38. The van der Waals surface area contributed by atoms with Gasteiger partial charge in [0.15, 0.2) is 0 Å². The highest BCUT2D eigenvalue weighted by molar-refractivity contribution is 6.46. The first-order valence-corrected chi connectivity index (χ1v) is 11.1. The standard InChI is InChI=1S/C29H24N2O3/c1-30(19-20-11-4-3-5-12-20)27-26(23-16-8-9-18-25(23)34-2)28(32)31(29(27)33)24-17-10-14-21-13-6-7-15-22(21)24/h3-18H,19H2,1-2H3. The number of hydrogen-bond donors (Lipinski definition) is 0. The summed E-state index contributed by atoms with van der Waals surface area (Å²) >= 11 is 0. The monoisotopic (exact) mass is 448 g/mol. The fourth-order valence-corrected chi connectivity index (χ4v) is 4.52. The number of methoxy groups -OCH3 is 1. The zero-order valence-corrected chi connectivity index (χ0v) is 19.1. The lowest BCUT2D eigenvalue weighted by molar-refractivity contribution is -0.120. The molecular weight excluding hydrogens is 424 g/mol. The van der Waals surface area contributed by atoms with E-state index in [1.165, 1.54) is 4.90 Å². The highest BCUT2D eigenvalue weighted by Crippen LogP contribution is 2.40. The van der Waals surface area contributed by atoms with Gasteiger partial charge in [-0.15, -0.1) is 0 Å². The molecule has 5 heteroatoms. The molecule has 5 nitrogen and oxygen atoms in total. The maximum Gasteiger partial charge on any atom is 0.282 e. The predicted octanol–water partition coefficient (Wildman–Crippen LogP) is 5.26. The van der Waals surface area contributed by atoms with Crippen molar-refractivity contribution >= 4 is 33.8 Å². The summed E-state index contributed by atoms with van der Waals surface area (Å²) in [6.07, 6.45) is 0. The SMILES string of the molecule is COc1ccccc1C1=C(N(C)Cc2ccccc2)C(=O)N(c2cccc3ccccc23)C1=O. The number of rotatable bonds is 6. The molecule has 0 saturated heterocycles. The second-order valence-electron chi connectivity index (χ2n) is 8.21. The molecule has 34 heavy (non-hydrogen) atoms. The summed E-state index contributed by atoms with van der Waals surface area (Å²) < 4.78 is 5.56. The highest BCUT2D eigenvalue weighted by Gasteiger charge is 2.43. The highest BCUT2D eigenvalue weighted by atomic mass is 16.5. The summed E-state index contributed by atoms with van der Waals surface area (Å²) in [4.78, 5) is 31.0. The van der Waals surface area contributed by atoms with Gasteiger partial charge in [-0.05, 0) is 23.1 Å². The Morgan fingerprint density at radius 3 is 2.24 bits per heavy atom. The largest absolute Gasteiger partial charge is 0.496 e. The van der Waals surface area contributed by atoms with E-state index in [1.54, 1.807) is 13.2 Å². The normalized spacial score (nSPS) is 13.6. The minimum absolute atomic E-state index is 0.341. The zero-order valence-electron chi connectivity index (χ0n) is 19.1. The van der Waals surface area contributed by atoms with Crippen molar-refractivity contribution < 1.29 is 14.3 Å². The van der Waals surface area contributed by atoms with Crippen molar-refractivity contribution in [2.75, 3.05) is 19.1 Å². The molecule has 1 aliphatic heterocycles. The van der Waals surface area contributed by atoms with Gasteiger partial charge >= 0.3 is 0 Å². The van der Waals surface area contributed by atoms with Gasteiger partial charge in [0.1, 0.15) is 11.4 Å². The lowest BCUT2D eigenvalue weighted by Gasteiger charge is -2.22. The molecule has 1 heterocycles. The molecule has 2 amide bonds. The van der Waals surface area contributed by atoms with Gasteiger partial charge in [0.25, 0.3) is 11.8 Å². The lowest BCUT2D eigenvalue weighted by Crippen LogP contribution is -2.34. The molecule has 168 valence electrons. The average Bonchev–Trinajstić information content (AvgIpc) is 3.13.